The highest BCUT2D eigenvalue weighted by molar-refractivity contribution is 7.90. The Bertz CT molecular complexity index is 729. The number of halogens is 1. The van der Waals surface area contributed by atoms with Gasteiger partial charge in [-0.05, 0) is 25.0 Å². The molecule has 0 atom stereocenters. The van der Waals surface area contributed by atoms with Crippen LogP contribution in [0.25, 0.3) is 0 Å². The fourth-order valence-electron chi connectivity index (χ4n) is 2.77. The molecule has 0 unspecified atom stereocenters. The smallest absolute Gasteiger partial charge is 0.242 e. The van der Waals surface area contributed by atoms with Crippen molar-refractivity contribution in [1.29, 1.82) is 0 Å². The summed E-state index contributed by atoms with van der Waals surface area (Å²) in [4.78, 5) is 3.67. The van der Waals surface area contributed by atoms with Gasteiger partial charge in [0.2, 0.25) is 10.0 Å². The number of rotatable bonds is 7. The molecule has 0 saturated heterocycles. The van der Waals surface area contributed by atoms with Crippen LogP contribution >= 0.6 is 12.4 Å². The molecule has 0 spiro atoms. The van der Waals surface area contributed by atoms with E-state index in [-0.39, 0.29) is 28.9 Å². The standard InChI is InChI=1S/C15H25N3O4S2.ClH/c1-23(19,20)15-9-8-14(12-17-15)24(21,22)18-11-10-16-13-6-4-2-3-5-7-13;/h8-9,12-13,16,18H,2-7,10-11H2,1H3;1H. The minimum Gasteiger partial charge on any atom is -0.313 e. The van der Waals surface area contributed by atoms with Gasteiger partial charge in [0, 0.05) is 31.6 Å². The maximum absolute atomic E-state index is 12.2. The minimum absolute atomic E-state index is 0. The lowest BCUT2D eigenvalue weighted by Gasteiger charge is -2.16. The molecule has 1 fully saturated rings. The summed E-state index contributed by atoms with van der Waals surface area (Å²) in [5.41, 5.74) is 0. The second-order valence-electron chi connectivity index (χ2n) is 6.14. The molecule has 7 nitrogen and oxygen atoms in total. The molecule has 0 radical (unpaired) electrons. The SMILES string of the molecule is CS(=O)(=O)c1ccc(S(=O)(=O)NCCNC2CCCCCC2)cn1.Cl. The van der Waals surface area contributed by atoms with E-state index >= 15 is 0 Å². The van der Waals surface area contributed by atoms with Gasteiger partial charge in [0.25, 0.3) is 0 Å². The van der Waals surface area contributed by atoms with Gasteiger partial charge < -0.3 is 5.32 Å². The second-order valence-corrected chi connectivity index (χ2v) is 9.87. The number of sulfone groups is 1. The largest absolute Gasteiger partial charge is 0.313 e. The van der Waals surface area contributed by atoms with Gasteiger partial charge in [0.1, 0.15) is 4.90 Å². The van der Waals surface area contributed by atoms with Crippen LogP contribution in [0, 0.1) is 0 Å². The second kappa shape index (κ2) is 9.82. The number of hydrogen-bond acceptors (Lipinski definition) is 6. The molecule has 144 valence electrons. The Hall–Kier alpha value is -0.740. The number of sulfonamides is 1. The number of nitrogens with one attached hydrogen (secondary N) is 2. The number of aromatic nitrogens is 1. The third kappa shape index (κ3) is 7.18. The van der Waals surface area contributed by atoms with Crippen molar-refractivity contribution < 1.29 is 16.8 Å². The van der Waals surface area contributed by atoms with Gasteiger partial charge in [0.05, 0.1) is 0 Å². The maximum Gasteiger partial charge on any atom is 0.242 e. The van der Waals surface area contributed by atoms with Crippen LogP contribution in [-0.4, -0.2) is 47.2 Å². The maximum atomic E-state index is 12.2. The summed E-state index contributed by atoms with van der Waals surface area (Å²) >= 11 is 0. The highest BCUT2D eigenvalue weighted by atomic mass is 35.5. The molecule has 1 saturated carbocycles. The summed E-state index contributed by atoms with van der Waals surface area (Å²) in [5, 5.41) is 3.25. The molecule has 2 rings (SSSR count). The first-order chi connectivity index (χ1) is 11.3. The van der Waals surface area contributed by atoms with Gasteiger partial charge in [-0.25, -0.2) is 26.5 Å². The van der Waals surface area contributed by atoms with E-state index in [2.05, 4.69) is 15.0 Å². The molecule has 10 heteroatoms. The summed E-state index contributed by atoms with van der Waals surface area (Å²) in [6.45, 7) is 0.853. The topological polar surface area (TPSA) is 105 Å². The lowest BCUT2D eigenvalue weighted by atomic mass is 10.1. The first-order valence-corrected chi connectivity index (χ1v) is 11.6. The van der Waals surface area contributed by atoms with Crippen molar-refractivity contribution >= 4 is 32.3 Å². The van der Waals surface area contributed by atoms with Gasteiger partial charge in [-0.3, -0.25) is 0 Å². The summed E-state index contributed by atoms with van der Waals surface area (Å²) in [6, 6.07) is 2.92. The highest BCUT2D eigenvalue weighted by Gasteiger charge is 2.17. The van der Waals surface area contributed by atoms with Crippen LogP contribution in [-0.2, 0) is 19.9 Å². The van der Waals surface area contributed by atoms with Crippen LogP contribution in [0.1, 0.15) is 38.5 Å². The minimum atomic E-state index is -3.68. The van der Waals surface area contributed by atoms with Gasteiger partial charge >= 0.3 is 0 Å². The van der Waals surface area contributed by atoms with Crippen molar-refractivity contribution in [2.24, 2.45) is 0 Å². The normalized spacial score (nSPS) is 16.8. The molecule has 0 amide bonds. The van der Waals surface area contributed by atoms with E-state index in [0.717, 1.165) is 25.3 Å². The summed E-state index contributed by atoms with van der Waals surface area (Å²) in [5.74, 6) is 0. The zero-order valence-corrected chi connectivity index (χ0v) is 16.7. The highest BCUT2D eigenvalue weighted by Crippen LogP contribution is 2.17. The fourth-order valence-corrected chi connectivity index (χ4v) is 4.31. The molecule has 1 aromatic heterocycles. The van der Waals surface area contributed by atoms with E-state index in [4.69, 9.17) is 0 Å². The molecule has 0 aliphatic heterocycles. The van der Waals surface area contributed by atoms with Crippen molar-refractivity contribution in [2.45, 2.75) is 54.5 Å². The average Bonchev–Trinajstić information content (AvgIpc) is 2.80. The van der Waals surface area contributed by atoms with Gasteiger partial charge in [-0.1, -0.05) is 25.7 Å². The molecule has 1 aliphatic rings. The Morgan fingerprint density at radius 3 is 2.20 bits per heavy atom. The Morgan fingerprint density at radius 1 is 1.04 bits per heavy atom. The van der Waals surface area contributed by atoms with E-state index in [9.17, 15) is 16.8 Å². The zero-order valence-electron chi connectivity index (χ0n) is 14.3. The van der Waals surface area contributed by atoms with Crippen molar-refractivity contribution in [3.8, 4) is 0 Å². The van der Waals surface area contributed by atoms with Crippen LogP contribution in [0.4, 0.5) is 0 Å². The Morgan fingerprint density at radius 2 is 1.68 bits per heavy atom. The van der Waals surface area contributed by atoms with E-state index in [0.29, 0.717) is 12.6 Å². The lowest BCUT2D eigenvalue weighted by molar-refractivity contribution is 0.461. The van der Waals surface area contributed by atoms with E-state index in [1.54, 1.807) is 0 Å². The molecule has 2 N–H and O–H groups in total. The zero-order chi connectivity index (χ0) is 17.6. The van der Waals surface area contributed by atoms with Crippen molar-refractivity contribution in [3.05, 3.63) is 18.3 Å². The predicted molar refractivity (Wildman–Crippen MR) is 99.3 cm³/mol. The monoisotopic (exact) mass is 411 g/mol. The van der Waals surface area contributed by atoms with Crippen molar-refractivity contribution in [3.63, 3.8) is 0 Å². The number of nitrogens with zero attached hydrogens (tertiary/aromatic N) is 1. The Balaban J connectivity index is 0.00000312. The van der Waals surface area contributed by atoms with E-state index in [1.807, 2.05) is 0 Å². The fraction of sp³-hybridized carbons (Fsp3) is 0.667. The summed E-state index contributed by atoms with van der Waals surface area (Å²) < 4.78 is 49.5. The first kappa shape index (κ1) is 22.3. The molecule has 1 aromatic rings. The molecule has 0 bridgehead atoms. The molecular formula is C15H26ClN3O4S2. The van der Waals surface area contributed by atoms with Crippen LogP contribution in [0.15, 0.2) is 28.3 Å². The first-order valence-electron chi connectivity index (χ1n) is 8.18. The molecule has 1 aliphatic carbocycles. The third-order valence-electron chi connectivity index (χ3n) is 4.10. The van der Waals surface area contributed by atoms with E-state index < -0.39 is 19.9 Å². The van der Waals surface area contributed by atoms with Crippen LogP contribution < -0.4 is 10.0 Å². The van der Waals surface area contributed by atoms with Crippen LogP contribution in [0.5, 0.6) is 0 Å². The number of hydrogen-bond donors (Lipinski definition) is 2. The van der Waals surface area contributed by atoms with Crippen molar-refractivity contribution in [2.75, 3.05) is 19.3 Å². The Kier molecular flexibility index (Phi) is 8.76. The number of pyridine rings is 1. The third-order valence-corrected chi connectivity index (χ3v) is 6.55. The summed E-state index contributed by atoms with van der Waals surface area (Å²) in [6.07, 6.45) is 9.39. The molecule has 1 heterocycles. The molecule has 25 heavy (non-hydrogen) atoms. The lowest BCUT2D eigenvalue weighted by Crippen LogP contribution is -2.36. The Labute approximate surface area is 156 Å². The van der Waals surface area contributed by atoms with E-state index in [1.165, 1.54) is 37.8 Å². The predicted octanol–water partition coefficient (Wildman–Crippen LogP) is 1.50. The quantitative estimate of drug-likeness (QED) is 0.520. The van der Waals surface area contributed by atoms with Gasteiger partial charge in [-0.2, -0.15) is 0 Å². The van der Waals surface area contributed by atoms with Crippen molar-refractivity contribution in [1.82, 2.24) is 15.0 Å². The summed E-state index contributed by atoms with van der Waals surface area (Å²) in [7, 11) is -7.12. The van der Waals surface area contributed by atoms with Crippen LogP contribution in [0.3, 0.4) is 0 Å². The van der Waals surface area contributed by atoms with Gasteiger partial charge in [-0.15, -0.1) is 12.4 Å². The molecular weight excluding hydrogens is 386 g/mol. The van der Waals surface area contributed by atoms with Gasteiger partial charge in [0.15, 0.2) is 14.9 Å². The molecule has 0 aromatic carbocycles. The van der Waals surface area contributed by atoms with Crippen LogP contribution in [0.2, 0.25) is 0 Å². The average molecular weight is 412 g/mol.